The van der Waals surface area contributed by atoms with E-state index in [1.165, 1.54) is 0 Å². The van der Waals surface area contributed by atoms with E-state index < -0.39 is 35.1 Å². The minimum absolute atomic E-state index is 0.0616. The number of hydrogen-bond acceptors (Lipinski definition) is 2. The lowest BCUT2D eigenvalue weighted by Crippen LogP contribution is -2.48. The summed E-state index contributed by atoms with van der Waals surface area (Å²) in [5, 5.41) is 0. The Balaban J connectivity index is 2.50. The first kappa shape index (κ1) is 19.5. The van der Waals surface area contributed by atoms with Gasteiger partial charge in [0.05, 0.1) is 24.5 Å². The third-order valence-corrected chi connectivity index (χ3v) is 3.55. The first-order valence-electron chi connectivity index (χ1n) is 7.09. The largest absolute Gasteiger partial charge is 0.459 e. The highest BCUT2D eigenvalue weighted by Gasteiger charge is 2.61. The second-order valence-electron chi connectivity index (χ2n) is 5.32. The van der Waals surface area contributed by atoms with Gasteiger partial charge in [-0.2, -0.15) is 35.1 Å². The molecule has 1 aliphatic rings. The van der Waals surface area contributed by atoms with E-state index in [1.807, 2.05) is 0 Å². The van der Waals surface area contributed by atoms with Crippen LogP contribution in [0.25, 0.3) is 6.08 Å². The Morgan fingerprint density at radius 3 is 2.08 bits per heavy atom. The van der Waals surface area contributed by atoms with Crippen molar-refractivity contribution in [3.05, 3.63) is 41.1 Å². The highest BCUT2D eigenvalue weighted by molar-refractivity contribution is 5.55. The van der Waals surface area contributed by atoms with Crippen molar-refractivity contribution in [2.45, 2.75) is 18.3 Å². The van der Waals surface area contributed by atoms with E-state index in [0.717, 1.165) is 17.0 Å². The van der Waals surface area contributed by atoms with E-state index in [1.54, 1.807) is 0 Å². The lowest BCUT2D eigenvalue weighted by molar-refractivity contribution is -0.271. The van der Waals surface area contributed by atoms with Gasteiger partial charge in [0.2, 0.25) is 0 Å². The van der Waals surface area contributed by atoms with E-state index in [4.69, 9.17) is 4.74 Å². The first-order valence-corrected chi connectivity index (χ1v) is 7.09. The van der Waals surface area contributed by atoms with Gasteiger partial charge in [-0.25, -0.2) is 0 Å². The van der Waals surface area contributed by atoms with Crippen LogP contribution >= 0.6 is 0 Å². The molecule has 2 nitrogen and oxygen atoms in total. The molecule has 0 bridgehead atoms. The van der Waals surface area contributed by atoms with Crippen LogP contribution in [-0.2, 0) is 10.9 Å². The van der Waals surface area contributed by atoms with Gasteiger partial charge in [0.15, 0.2) is 0 Å². The number of allylic oxidation sites excluding steroid dienone is 1. The van der Waals surface area contributed by atoms with Gasteiger partial charge in [0.25, 0.3) is 0 Å². The third kappa shape index (κ3) is 4.42. The number of benzene rings is 1. The van der Waals surface area contributed by atoms with Crippen LogP contribution < -0.4 is 0 Å². The Morgan fingerprint density at radius 1 is 0.960 bits per heavy atom. The molecule has 2 rings (SSSR count). The van der Waals surface area contributed by atoms with Gasteiger partial charge in [0, 0.05) is 13.1 Å². The average molecular weight is 375 g/mol. The molecule has 10 heteroatoms. The van der Waals surface area contributed by atoms with Crippen LogP contribution in [0.3, 0.4) is 0 Å². The zero-order valence-electron chi connectivity index (χ0n) is 12.6. The molecule has 1 aromatic rings. The van der Waals surface area contributed by atoms with E-state index in [0.29, 0.717) is 18.2 Å². The lowest BCUT2D eigenvalue weighted by atomic mass is 10.1. The molecule has 0 unspecified atom stereocenters. The van der Waals surface area contributed by atoms with Crippen molar-refractivity contribution in [3.63, 3.8) is 0 Å². The number of halogens is 8. The van der Waals surface area contributed by atoms with Crippen LogP contribution in [0.2, 0.25) is 0 Å². The van der Waals surface area contributed by atoms with Crippen LogP contribution in [0.4, 0.5) is 35.1 Å². The maximum Gasteiger partial charge on any atom is 0.459 e. The molecule has 0 spiro atoms. The molecule has 0 radical (unpaired) electrons. The Labute approximate surface area is 137 Å². The molecule has 1 fully saturated rings. The fourth-order valence-electron chi connectivity index (χ4n) is 2.29. The van der Waals surface area contributed by atoms with E-state index >= 15 is 0 Å². The third-order valence-electron chi connectivity index (χ3n) is 3.55. The maximum atomic E-state index is 13.9. The predicted octanol–water partition coefficient (Wildman–Crippen LogP) is 4.58. The number of rotatable bonds is 3. The number of morpholine rings is 1. The van der Waals surface area contributed by atoms with Crippen molar-refractivity contribution in [2.75, 3.05) is 26.3 Å². The van der Waals surface area contributed by atoms with E-state index in [2.05, 4.69) is 0 Å². The Morgan fingerprint density at radius 2 is 1.56 bits per heavy atom. The number of ether oxygens (including phenoxy) is 1. The van der Waals surface area contributed by atoms with Crippen LogP contribution in [-0.4, -0.2) is 43.3 Å². The summed E-state index contributed by atoms with van der Waals surface area (Å²) >= 11 is 0. The second kappa shape index (κ2) is 6.81. The van der Waals surface area contributed by atoms with Crippen molar-refractivity contribution in [2.24, 2.45) is 0 Å². The average Bonchev–Trinajstić information content (AvgIpc) is 2.51. The Hall–Kier alpha value is -1.84. The minimum atomic E-state index is -5.88. The standard InChI is InChI=1S/C15H13F8NO/c16-13(17,15(21,22)23)12(24-4-6-25-7-5-24)9-10-2-1-3-11(8-10)14(18,19)20/h1-3,8-9H,4-7H2/b12-9-. The number of hydrogen-bond donors (Lipinski definition) is 0. The summed E-state index contributed by atoms with van der Waals surface area (Å²) in [7, 11) is 0. The molecule has 0 aromatic heterocycles. The molecular formula is C15H13F8NO. The van der Waals surface area contributed by atoms with Gasteiger partial charge < -0.3 is 9.64 Å². The zero-order chi connectivity index (χ0) is 18.9. The summed E-state index contributed by atoms with van der Waals surface area (Å²) in [6, 6.07) is 3.19. The molecule has 0 atom stereocenters. The highest BCUT2D eigenvalue weighted by Crippen LogP contribution is 2.43. The van der Waals surface area contributed by atoms with Gasteiger partial charge in [-0.15, -0.1) is 0 Å². The lowest BCUT2D eigenvalue weighted by Gasteiger charge is -2.35. The number of nitrogens with zero attached hydrogens (tertiary/aromatic N) is 1. The van der Waals surface area contributed by atoms with Crippen molar-refractivity contribution >= 4 is 6.08 Å². The fraction of sp³-hybridized carbons (Fsp3) is 0.467. The van der Waals surface area contributed by atoms with Crippen molar-refractivity contribution in [3.8, 4) is 0 Å². The van der Waals surface area contributed by atoms with Crippen molar-refractivity contribution in [1.29, 1.82) is 0 Å². The topological polar surface area (TPSA) is 12.5 Å². The highest BCUT2D eigenvalue weighted by atomic mass is 19.4. The Kier molecular flexibility index (Phi) is 5.31. The first-order chi connectivity index (χ1) is 11.4. The number of alkyl halides is 8. The molecule has 0 amide bonds. The SMILES string of the molecule is FC(F)(F)c1cccc(/C=C(\N2CCOCC2)C(F)(F)C(F)(F)F)c1. The fourth-order valence-corrected chi connectivity index (χ4v) is 2.29. The molecule has 0 N–H and O–H groups in total. The van der Waals surface area contributed by atoms with E-state index in [-0.39, 0.29) is 26.3 Å². The summed E-state index contributed by atoms with van der Waals surface area (Å²) in [5.41, 5.74) is -2.94. The Bertz CT molecular complexity index is 629. The second-order valence-corrected chi connectivity index (χ2v) is 5.32. The molecule has 1 heterocycles. The summed E-state index contributed by atoms with van der Waals surface area (Å²) in [4.78, 5) is 0.775. The van der Waals surface area contributed by atoms with Crippen LogP contribution in [0, 0.1) is 0 Å². The molecule has 1 saturated heterocycles. The molecule has 25 heavy (non-hydrogen) atoms. The van der Waals surface area contributed by atoms with Crippen molar-refractivity contribution in [1.82, 2.24) is 4.90 Å². The summed E-state index contributed by atoms with van der Waals surface area (Å²) in [6.07, 6.45) is -10.2. The molecule has 140 valence electrons. The summed E-state index contributed by atoms with van der Waals surface area (Å²) in [5.74, 6) is -5.21. The normalized spacial score (nSPS) is 17.8. The smallest absolute Gasteiger partial charge is 0.378 e. The van der Waals surface area contributed by atoms with Gasteiger partial charge in [0.1, 0.15) is 0 Å². The van der Waals surface area contributed by atoms with Gasteiger partial charge in [-0.3, -0.25) is 0 Å². The minimum Gasteiger partial charge on any atom is -0.378 e. The molecule has 0 saturated carbocycles. The monoisotopic (exact) mass is 375 g/mol. The van der Waals surface area contributed by atoms with Crippen molar-refractivity contribution < 1.29 is 39.9 Å². The quantitative estimate of drug-likeness (QED) is 0.718. The molecule has 1 aromatic carbocycles. The van der Waals surface area contributed by atoms with Gasteiger partial charge in [-0.1, -0.05) is 12.1 Å². The van der Waals surface area contributed by atoms with Crippen LogP contribution in [0.15, 0.2) is 30.0 Å². The van der Waals surface area contributed by atoms with Gasteiger partial charge >= 0.3 is 18.3 Å². The molecule has 0 aliphatic carbocycles. The van der Waals surface area contributed by atoms with Gasteiger partial charge in [-0.05, 0) is 23.8 Å². The summed E-state index contributed by atoms with van der Waals surface area (Å²) < 4.78 is 109. The van der Waals surface area contributed by atoms with E-state index in [9.17, 15) is 35.1 Å². The summed E-state index contributed by atoms with van der Waals surface area (Å²) in [6.45, 7) is -0.575. The predicted molar refractivity (Wildman–Crippen MR) is 72.8 cm³/mol. The molecule has 1 aliphatic heterocycles. The van der Waals surface area contributed by atoms with Crippen LogP contribution in [0.1, 0.15) is 11.1 Å². The zero-order valence-corrected chi connectivity index (χ0v) is 12.6. The molecular weight excluding hydrogens is 362 g/mol. The van der Waals surface area contributed by atoms with Crippen LogP contribution in [0.5, 0.6) is 0 Å². The maximum absolute atomic E-state index is 13.9.